The molecule has 1 unspecified atom stereocenters. The number of carbonyl (C=O) groups excluding carboxylic acids is 1. The van der Waals surface area contributed by atoms with Crippen LogP contribution in [0, 0.1) is 0 Å². The largest absolute Gasteiger partial charge is 0.770 e. The van der Waals surface area contributed by atoms with Crippen LogP contribution < -0.4 is 0 Å². The highest BCUT2D eigenvalue weighted by Crippen LogP contribution is 1.90. The van der Waals surface area contributed by atoms with E-state index >= 15 is 0 Å². The molecule has 0 aromatic heterocycles. The van der Waals surface area contributed by atoms with Crippen LogP contribution in [-0.2, 0) is 20.6 Å². The Morgan fingerprint density at radius 3 is 2.70 bits per heavy atom. The molecule has 0 amide bonds. The van der Waals surface area contributed by atoms with Crippen molar-refractivity contribution in [1.82, 2.24) is 0 Å². The van der Waals surface area contributed by atoms with Crippen molar-refractivity contribution < 1.29 is 18.3 Å². The van der Waals surface area contributed by atoms with Gasteiger partial charge in [-0.25, -0.2) is 0 Å². The van der Waals surface area contributed by atoms with Gasteiger partial charge >= 0.3 is 5.97 Å². The lowest BCUT2D eigenvalue weighted by Crippen LogP contribution is -2.08. The first-order valence-corrected chi connectivity index (χ1v) is 4.12. The van der Waals surface area contributed by atoms with Gasteiger partial charge in [0.15, 0.2) is 5.94 Å². The van der Waals surface area contributed by atoms with Gasteiger partial charge in [-0.3, -0.25) is 9.00 Å². The summed E-state index contributed by atoms with van der Waals surface area (Å²) >= 11 is -2.28. The van der Waals surface area contributed by atoms with Crippen molar-refractivity contribution in [3.8, 4) is 0 Å². The van der Waals surface area contributed by atoms with E-state index in [4.69, 9.17) is 0 Å². The van der Waals surface area contributed by atoms with E-state index in [0.717, 1.165) is 0 Å². The molecule has 0 aliphatic carbocycles. The van der Waals surface area contributed by atoms with E-state index in [2.05, 4.69) is 4.74 Å². The summed E-state index contributed by atoms with van der Waals surface area (Å²) in [5.41, 5.74) is 0. The summed E-state index contributed by atoms with van der Waals surface area (Å²) in [7, 11) is 0. The van der Waals surface area contributed by atoms with Gasteiger partial charge in [0.05, 0.1) is 0 Å². The topological polar surface area (TPSA) is 66.4 Å². The maximum atomic E-state index is 10.5. The third kappa shape index (κ3) is 5.71. The van der Waals surface area contributed by atoms with E-state index in [1.165, 1.54) is 0 Å². The molecule has 0 saturated carbocycles. The zero-order valence-corrected chi connectivity index (χ0v) is 6.48. The molecular weight excluding hydrogens is 156 g/mol. The van der Waals surface area contributed by atoms with Crippen molar-refractivity contribution in [2.75, 3.05) is 5.94 Å². The van der Waals surface area contributed by atoms with Crippen molar-refractivity contribution in [1.29, 1.82) is 0 Å². The van der Waals surface area contributed by atoms with Gasteiger partial charge in [-0.05, 0) is 17.5 Å². The summed E-state index contributed by atoms with van der Waals surface area (Å²) in [6.45, 7) is 1.81. The maximum absolute atomic E-state index is 10.5. The Morgan fingerprint density at radius 2 is 2.30 bits per heavy atom. The molecule has 10 heavy (non-hydrogen) atoms. The van der Waals surface area contributed by atoms with Crippen molar-refractivity contribution in [2.24, 2.45) is 0 Å². The summed E-state index contributed by atoms with van der Waals surface area (Å²) in [6, 6.07) is 0. The van der Waals surface area contributed by atoms with Gasteiger partial charge in [-0.1, -0.05) is 6.92 Å². The predicted molar refractivity (Wildman–Crippen MR) is 34.8 cm³/mol. The van der Waals surface area contributed by atoms with Gasteiger partial charge in [0.1, 0.15) is 0 Å². The minimum absolute atomic E-state index is 0.275. The lowest BCUT2D eigenvalue weighted by Gasteiger charge is -2.04. The first-order valence-electron chi connectivity index (χ1n) is 2.88. The van der Waals surface area contributed by atoms with Crippen LogP contribution >= 0.6 is 0 Å². The van der Waals surface area contributed by atoms with E-state index in [1.807, 2.05) is 6.92 Å². The highest BCUT2D eigenvalue weighted by Gasteiger charge is 1.98. The first-order chi connectivity index (χ1) is 4.66. The van der Waals surface area contributed by atoms with Crippen LogP contribution in [0.3, 0.4) is 0 Å². The van der Waals surface area contributed by atoms with Gasteiger partial charge in [0, 0.05) is 6.42 Å². The number of carbonyl (C=O) groups is 1. The summed E-state index contributed by atoms with van der Waals surface area (Å²) in [4.78, 5) is 10.5. The third-order valence-corrected chi connectivity index (χ3v) is 1.08. The Balaban J connectivity index is 3.30. The van der Waals surface area contributed by atoms with Crippen LogP contribution in [0.1, 0.15) is 19.8 Å². The molecule has 0 rings (SSSR count). The maximum Gasteiger partial charge on any atom is 0.306 e. The molecule has 0 spiro atoms. The zero-order chi connectivity index (χ0) is 7.98. The van der Waals surface area contributed by atoms with E-state index in [1.54, 1.807) is 0 Å². The van der Waals surface area contributed by atoms with E-state index in [9.17, 15) is 13.6 Å². The third-order valence-electron chi connectivity index (χ3n) is 0.770. The van der Waals surface area contributed by atoms with E-state index in [0.29, 0.717) is 6.42 Å². The zero-order valence-electron chi connectivity index (χ0n) is 5.66. The highest BCUT2D eigenvalue weighted by atomic mass is 32.2. The fourth-order valence-corrected chi connectivity index (χ4v) is 0.618. The Morgan fingerprint density at radius 1 is 1.70 bits per heavy atom. The van der Waals surface area contributed by atoms with Crippen LogP contribution in [0.2, 0.25) is 0 Å². The number of ether oxygens (including phenoxy) is 1. The molecule has 1 atom stereocenters. The highest BCUT2D eigenvalue weighted by molar-refractivity contribution is 7.78. The van der Waals surface area contributed by atoms with Gasteiger partial charge in [-0.2, -0.15) is 0 Å². The molecule has 0 N–H and O–H groups in total. The number of esters is 1. The second-order valence-electron chi connectivity index (χ2n) is 1.69. The van der Waals surface area contributed by atoms with Crippen LogP contribution in [0.15, 0.2) is 0 Å². The van der Waals surface area contributed by atoms with Gasteiger partial charge in [-0.15, -0.1) is 0 Å². The normalized spacial score (nSPS) is 12.6. The molecule has 0 aliphatic heterocycles. The lowest BCUT2D eigenvalue weighted by atomic mass is 10.3. The Hall–Kier alpha value is -0.420. The van der Waals surface area contributed by atoms with Crippen LogP contribution in [0.25, 0.3) is 0 Å². The Labute approximate surface area is 61.9 Å². The number of hydrogen-bond donors (Lipinski definition) is 0. The average molecular weight is 165 g/mol. The smallest absolute Gasteiger partial charge is 0.306 e. The van der Waals surface area contributed by atoms with Crippen molar-refractivity contribution in [3.63, 3.8) is 0 Å². The fourth-order valence-electron chi connectivity index (χ4n) is 0.390. The number of hydrogen-bond acceptors (Lipinski definition) is 4. The first kappa shape index (κ1) is 9.58. The fraction of sp³-hybridized carbons (Fsp3) is 0.800. The number of rotatable bonds is 4. The molecule has 0 radical (unpaired) electrons. The molecule has 0 saturated heterocycles. The molecule has 0 aromatic rings. The Kier molecular flexibility index (Phi) is 5.15. The van der Waals surface area contributed by atoms with Crippen molar-refractivity contribution >= 4 is 17.0 Å². The standard InChI is InChI=1S/C5H10O4S/c1-2-3-5(6)9-4-10(7)8/h2-4H2,1H3,(H,7,8)/p-1. The SMILES string of the molecule is CCCC(=O)OCS(=O)[O-]. The molecule has 60 valence electrons. The Bertz CT molecular complexity index is 134. The average Bonchev–Trinajstić information content (AvgIpc) is 1.85. The van der Waals surface area contributed by atoms with Crippen molar-refractivity contribution in [3.05, 3.63) is 0 Å². The molecule has 5 heteroatoms. The summed E-state index contributed by atoms with van der Waals surface area (Å²) in [5.74, 6) is -0.995. The minimum Gasteiger partial charge on any atom is -0.770 e. The minimum atomic E-state index is -2.28. The lowest BCUT2D eigenvalue weighted by molar-refractivity contribution is -0.141. The molecule has 0 fully saturated rings. The molecule has 0 aliphatic rings. The second kappa shape index (κ2) is 5.37. The van der Waals surface area contributed by atoms with E-state index in [-0.39, 0.29) is 6.42 Å². The molecule has 0 aromatic carbocycles. The van der Waals surface area contributed by atoms with Gasteiger partial charge < -0.3 is 9.29 Å². The van der Waals surface area contributed by atoms with Crippen LogP contribution in [0.5, 0.6) is 0 Å². The quantitative estimate of drug-likeness (QED) is 0.440. The summed E-state index contributed by atoms with van der Waals surface area (Å²) in [5, 5.41) is 0. The second-order valence-corrected chi connectivity index (χ2v) is 2.53. The monoisotopic (exact) mass is 165 g/mol. The van der Waals surface area contributed by atoms with Crippen LogP contribution in [-0.4, -0.2) is 20.7 Å². The summed E-state index contributed by atoms with van der Waals surface area (Å²) < 4.78 is 24.0. The van der Waals surface area contributed by atoms with Gasteiger partial charge in [0.2, 0.25) is 0 Å². The summed E-state index contributed by atoms with van der Waals surface area (Å²) in [6.07, 6.45) is 0.946. The molecule has 4 nitrogen and oxygen atoms in total. The molecule has 0 bridgehead atoms. The molecular formula is C5H9O4S-. The predicted octanol–water partition coefficient (Wildman–Crippen LogP) is 0.166. The van der Waals surface area contributed by atoms with Crippen LogP contribution in [0.4, 0.5) is 0 Å². The molecule has 0 heterocycles. The van der Waals surface area contributed by atoms with Crippen molar-refractivity contribution in [2.45, 2.75) is 19.8 Å². The van der Waals surface area contributed by atoms with Gasteiger partial charge in [0.25, 0.3) is 0 Å². The van der Waals surface area contributed by atoms with E-state index < -0.39 is 23.0 Å².